The number of carbonyl (C=O) groups is 2. The average Bonchev–Trinajstić information content (AvgIpc) is 3.38. The van der Waals surface area contributed by atoms with Crippen LogP contribution in [0.15, 0.2) is 0 Å². The highest BCUT2D eigenvalue weighted by Gasteiger charge is 2.29. The molecule has 3 fully saturated rings. The molecule has 9 nitrogen and oxygen atoms in total. The van der Waals surface area contributed by atoms with Crippen LogP contribution in [-0.4, -0.2) is 85.9 Å². The maximum atomic E-state index is 12.5. The van der Waals surface area contributed by atoms with Crippen molar-refractivity contribution in [2.75, 3.05) is 68.8 Å². The second-order valence-corrected chi connectivity index (χ2v) is 8.46. The Balaban J connectivity index is 1.20. The third kappa shape index (κ3) is 4.61. The number of nitrogens with zero attached hydrogens (tertiary/aromatic N) is 5. The van der Waals surface area contributed by atoms with Gasteiger partial charge in [-0.1, -0.05) is 11.3 Å². The van der Waals surface area contributed by atoms with Crippen LogP contribution >= 0.6 is 11.3 Å². The maximum absolute atomic E-state index is 12.5. The number of aromatic nitrogens is 2. The van der Waals surface area contributed by atoms with Gasteiger partial charge in [-0.3, -0.25) is 19.4 Å². The molecule has 0 spiro atoms. The van der Waals surface area contributed by atoms with E-state index >= 15 is 0 Å². The fourth-order valence-electron chi connectivity index (χ4n) is 3.93. The Labute approximate surface area is 169 Å². The lowest BCUT2D eigenvalue weighted by Crippen LogP contribution is -2.44. The van der Waals surface area contributed by atoms with Crippen molar-refractivity contribution in [3.63, 3.8) is 0 Å². The molecule has 1 aromatic rings. The van der Waals surface area contributed by atoms with E-state index in [0.717, 1.165) is 76.9 Å². The topological polar surface area (TPSA) is 90.9 Å². The number of rotatable bonds is 6. The van der Waals surface area contributed by atoms with E-state index in [-0.39, 0.29) is 17.7 Å². The smallest absolute Gasteiger partial charge is 0.228 e. The molecule has 0 unspecified atom stereocenters. The van der Waals surface area contributed by atoms with Gasteiger partial charge in [0.2, 0.25) is 22.1 Å². The van der Waals surface area contributed by atoms with Gasteiger partial charge in [0.1, 0.15) is 0 Å². The Morgan fingerprint density at radius 2 is 1.86 bits per heavy atom. The second-order valence-electron chi connectivity index (χ2n) is 7.52. The van der Waals surface area contributed by atoms with Gasteiger partial charge < -0.3 is 15.0 Å². The van der Waals surface area contributed by atoms with E-state index in [1.165, 1.54) is 11.3 Å². The number of carbonyl (C=O) groups excluding carboxylic acids is 2. The molecule has 2 amide bonds. The molecule has 0 saturated carbocycles. The Bertz CT molecular complexity index is 685. The number of amides is 2. The summed E-state index contributed by atoms with van der Waals surface area (Å²) in [6.45, 7) is 7.37. The SMILES string of the molecule is O=C(NCCN1CCOCC1)C1CCN(c2nnc(N3CCCC3=O)s2)CC1. The third-order valence-electron chi connectivity index (χ3n) is 5.68. The zero-order chi connectivity index (χ0) is 19.3. The number of nitrogens with one attached hydrogen (secondary N) is 1. The molecule has 3 saturated heterocycles. The summed E-state index contributed by atoms with van der Waals surface area (Å²) in [6, 6.07) is 0. The summed E-state index contributed by atoms with van der Waals surface area (Å²) in [5, 5.41) is 13.1. The van der Waals surface area contributed by atoms with Crippen molar-refractivity contribution < 1.29 is 14.3 Å². The highest BCUT2D eigenvalue weighted by Crippen LogP contribution is 2.32. The van der Waals surface area contributed by atoms with Gasteiger partial charge in [0.15, 0.2) is 0 Å². The van der Waals surface area contributed by atoms with Crippen LogP contribution in [0.1, 0.15) is 25.7 Å². The Morgan fingerprint density at radius 3 is 2.57 bits per heavy atom. The Morgan fingerprint density at radius 1 is 1.11 bits per heavy atom. The Kier molecular flexibility index (Phi) is 6.38. The van der Waals surface area contributed by atoms with Crippen LogP contribution in [0.3, 0.4) is 0 Å². The fourth-order valence-corrected chi connectivity index (χ4v) is 4.88. The number of anilines is 2. The zero-order valence-corrected chi connectivity index (χ0v) is 17.0. The highest BCUT2D eigenvalue weighted by atomic mass is 32.1. The molecule has 0 atom stereocenters. The van der Waals surface area contributed by atoms with Crippen LogP contribution < -0.4 is 15.1 Å². The molecule has 10 heteroatoms. The summed E-state index contributed by atoms with van der Waals surface area (Å²) in [6.07, 6.45) is 3.13. The molecule has 154 valence electrons. The van der Waals surface area contributed by atoms with Crippen LogP contribution in [0.25, 0.3) is 0 Å². The van der Waals surface area contributed by atoms with E-state index in [9.17, 15) is 9.59 Å². The molecule has 3 aliphatic heterocycles. The lowest BCUT2D eigenvalue weighted by atomic mass is 9.96. The molecule has 3 aliphatic rings. The van der Waals surface area contributed by atoms with Gasteiger partial charge in [0.25, 0.3) is 0 Å². The molecule has 1 aromatic heterocycles. The molecule has 28 heavy (non-hydrogen) atoms. The van der Waals surface area contributed by atoms with Gasteiger partial charge in [-0.15, -0.1) is 10.2 Å². The van der Waals surface area contributed by atoms with Crippen molar-refractivity contribution in [3.8, 4) is 0 Å². The minimum absolute atomic E-state index is 0.0634. The normalized spacial score (nSPS) is 22.1. The van der Waals surface area contributed by atoms with E-state index in [0.29, 0.717) is 18.1 Å². The quantitative estimate of drug-likeness (QED) is 0.725. The molecular weight excluding hydrogens is 380 g/mol. The van der Waals surface area contributed by atoms with Crippen LogP contribution in [0.4, 0.5) is 10.3 Å². The summed E-state index contributed by atoms with van der Waals surface area (Å²) in [4.78, 5) is 30.6. The van der Waals surface area contributed by atoms with Crippen molar-refractivity contribution in [2.45, 2.75) is 25.7 Å². The molecular formula is C18H28N6O3S. The fraction of sp³-hybridized carbons (Fsp3) is 0.778. The zero-order valence-electron chi connectivity index (χ0n) is 16.1. The van der Waals surface area contributed by atoms with Gasteiger partial charge >= 0.3 is 0 Å². The minimum Gasteiger partial charge on any atom is -0.379 e. The summed E-state index contributed by atoms with van der Waals surface area (Å²) in [5.74, 6) is 0.358. The molecule has 0 aliphatic carbocycles. The van der Waals surface area contributed by atoms with Crippen LogP contribution in [0.5, 0.6) is 0 Å². The van der Waals surface area contributed by atoms with E-state index in [2.05, 4.69) is 25.3 Å². The summed E-state index contributed by atoms with van der Waals surface area (Å²) >= 11 is 1.47. The molecule has 4 rings (SSSR count). The van der Waals surface area contributed by atoms with Crippen molar-refractivity contribution in [1.29, 1.82) is 0 Å². The van der Waals surface area contributed by atoms with Crippen molar-refractivity contribution in [3.05, 3.63) is 0 Å². The molecule has 4 heterocycles. The van der Waals surface area contributed by atoms with Gasteiger partial charge in [-0.25, -0.2) is 0 Å². The number of hydrogen-bond donors (Lipinski definition) is 1. The Hall–Kier alpha value is -1.78. The first kappa shape index (κ1) is 19.5. The highest BCUT2D eigenvalue weighted by molar-refractivity contribution is 7.19. The van der Waals surface area contributed by atoms with E-state index in [1.807, 2.05) is 0 Å². The van der Waals surface area contributed by atoms with E-state index < -0.39 is 0 Å². The summed E-state index contributed by atoms with van der Waals surface area (Å²) in [7, 11) is 0. The molecule has 0 aromatic carbocycles. The summed E-state index contributed by atoms with van der Waals surface area (Å²) < 4.78 is 5.34. The number of morpholine rings is 1. The predicted octanol–water partition coefficient (Wildman–Crippen LogP) is 0.330. The maximum Gasteiger partial charge on any atom is 0.228 e. The van der Waals surface area contributed by atoms with Crippen LogP contribution in [-0.2, 0) is 14.3 Å². The van der Waals surface area contributed by atoms with Crippen molar-refractivity contribution in [2.24, 2.45) is 5.92 Å². The first-order valence-corrected chi connectivity index (χ1v) is 11.0. The molecule has 1 N–H and O–H groups in total. The lowest BCUT2D eigenvalue weighted by Gasteiger charge is -2.31. The summed E-state index contributed by atoms with van der Waals surface area (Å²) in [5.41, 5.74) is 0. The van der Waals surface area contributed by atoms with Gasteiger partial charge in [-0.2, -0.15) is 0 Å². The van der Waals surface area contributed by atoms with Crippen LogP contribution in [0, 0.1) is 5.92 Å². The third-order valence-corrected chi connectivity index (χ3v) is 6.68. The average molecular weight is 409 g/mol. The number of piperidine rings is 1. The monoisotopic (exact) mass is 408 g/mol. The van der Waals surface area contributed by atoms with Gasteiger partial charge in [0, 0.05) is 58.2 Å². The van der Waals surface area contributed by atoms with Crippen molar-refractivity contribution >= 4 is 33.4 Å². The standard InChI is InChI=1S/C18H28N6O3S/c25-15-2-1-6-24(15)18-21-20-17(28-18)23-7-3-14(4-8-23)16(26)19-5-9-22-10-12-27-13-11-22/h14H,1-13H2,(H,19,26). The van der Waals surface area contributed by atoms with Gasteiger partial charge in [0.05, 0.1) is 13.2 Å². The van der Waals surface area contributed by atoms with E-state index in [1.54, 1.807) is 4.90 Å². The van der Waals surface area contributed by atoms with Crippen LogP contribution in [0.2, 0.25) is 0 Å². The minimum atomic E-state index is 0.0634. The predicted molar refractivity (Wildman–Crippen MR) is 107 cm³/mol. The molecule has 0 radical (unpaired) electrons. The first-order valence-electron chi connectivity index (χ1n) is 10.2. The van der Waals surface area contributed by atoms with Gasteiger partial charge in [-0.05, 0) is 19.3 Å². The number of hydrogen-bond acceptors (Lipinski definition) is 8. The lowest BCUT2D eigenvalue weighted by molar-refractivity contribution is -0.125. The van der Waals surface area contributed by atoms with Crippen molar-refractivity contribution in [1.82, 2.24) is 20.4 Å². The molecule has 0 bridgehead atoms. The van der Waals surface area contributed by atoms with E-state index in [4.69, 9.17) is 4.74 Å². The second kappa shape index (κ2) is 9.15. The first-order chi connectivity index (χ1) is 13.7. The number of ether oxygens (including phenoxy) is 1. The largest absolute Gasteiger partial charge is 0.379 e.